The zero-order valence-electron chi connectivity index (χ0n) is 11.8. The molecule has 0 bridgehead atoms. The van der Waals surface area contributed by atoms with Crippen molar-refractivity contribution in [1.29, 1.82) is 0 Å². The average molecular weight is 253 g/mol. The molecule has 1 aliphatic heterocycles. The molecule has 1 saturated carbocycles. The maximum absolute atomic E-state index is 12.3. The van der Waals surface area contributed by atoms with Crippen molar-refractivity contribution >= 4 is 5.91 Å². The lowest BCUT2D eigenvalue weighted by Crippen LogP contribution is -2.52. The van der Waals surface area contributed by atoms with Crippen LogP contribution in [0.15, 0.2) is 0 Å². The number of carbonyl (C=O) groups is 1. The van der Waals surface area contributed by atoms with Crippen molar-refractivity contribution in [2.24, 2.45) is 5.73 Å². The minimum atomic E-state index is -0.202. The summed E-state index contributed by atoms with van der Waals surface area (Å²) in [7, 11) is 0. The quantitative estimate of drug-likeness (QED) is 0.822. The Kier molecular flexibility index (Phi) is 4.28. The predicted molar refractivity (Wildman–Crippen MR) is 73.3 cm³/mol. The van der Waals surface area contributed by atoms with E-state index in [4.69, 9.17) is 5.73 Å². The molecule has 0 aromatic heterocycles. The molecule has 104 valence electrons. The fraction of sp³-hybridized carbons (Fsp3) is 0.929. The number of rotatable bonds is 3. The zero-order valence-corrected chi connectivity index (χ0v) is 11.8. The number of amides is 1. The van der Waals surface area contributed by atoms with Crippen LogP contribution in [0.3, 0.4) is 0 Å². The third-order valence-electron chi connectivity index (χ3n) is 4.50. The molecule has 0 spiro atoms. The summed E-state index contributed by atoms with van der Waals surface area (Å²) >= 11 is 0. The van der Waals surface area contributed by atoms with Crippen LogP contribution in [0.1, 0.15) is 46.0 Å². The molecule has 0 aromatic rings. The molecule has 1 saturated heterocycles. The van der Waals surface area contributed by atoms with Crippen LogP contribution in [0.25, 0.3) is 0 Å². The highest BCUT2D eigenvalue weighted by Gasteiger charge is 2.34. The van der Waals surface area contributed by atoms with Gasteiger partial charge in [-0.05, 0) is 26.7 Å². The summed E-state index contributed by atoms with van der Waals surface area (Å²) in [5.41, 5.74) is 6.08. The van der Waals surface area contributed by atoms with Crippen molar-refractivity contribution in [2.75, 3.05) is 26.2 Å². The van der Waals surface area contributed by atoms with Gasteiger partial charge in [0.1, 0.15) is 0 Å². The summed E-state index contributed by atoms with van der Waals surface area (Å²) in [5.74, 6) is 0.266. The molecule has 4 heteroatoms. The first-order chi connectivity index (χ1) is 8.50. The highest BCUT2D eigenvalue weighted by molar-refractivity contribution is 5.77. The first-order valence-corrected chi connectivity index (χ1v) is 7.31. The van der Waals surface area contributed by atoms with Gasteiger partial charge in [0.05, 0.1) is 0 Å². The van der Waals surface area contributed by atoms with E-state index in [1.54, 1.807) is 0 Å². The van der Waals surface area contributed by atoms with Crippen molar-refractivity contribution in [2.45, 2.75) is 57.5 Å². The standard InChI is InChI=1S/C14H27N3O/c1-12(2)16-7-9-17(10-8-16)13(18)11-14(15)5-3-4-6-14/h12H,3-11,15H2,1-2H3. The molecule has 0 atom stereocenters. The smallest absolute Gasteiger partial charge is 0.224 e. The second kappa shape index (κ2) is 5.57. The van der Waals surface area contributed by atoms with E-state index in [0.717, 1.165) is 39.0 Å². The van der Waals surface area contributed by atoms with E-state index in [9.17, 15) is 4.79 Å². The van der Waals surface area contributed by atoms with Crippen LogP contribution in [-0.2, 0) is 4.79 Å². The minimum absolute atomic E-state index is 0.202. The first kappa shape index (κ1) is 13.8. The Morgan fingerprint density at radius 2 is 1.72 bits per heavy atom. The molecule has 1 aliphatic carbocycles. The average Bonchev–Trinajstić information content (AvgIpc) is 2.76. The molecule has 2 N–H and O–H groups in total. The van der Waals surface area contributed by atoms with E-state index in [2.05, 4.69) is 18.7 Å². The van der Waals surface area contributed by atoms with Crippen LogP contribution in [0, 0.1) is 0 Å². The molecular formula is C14H27N3O. The van der Waals surface area contributed by atoms with Crippen molar-refractivity contribution < 1.29 is 4.79 Å². The number of carbonyl (C=O) groups excluding carboxylic acids is 1. The number of nitrogens with zero attached hydrogens (tertiary/aromatic N) is 2. The SMILES string of the molecule is CC(C)N1CCN(C(=O)CC2(N)CCCC2)CC1. The lowest BCUT2D eigenvalue weighted by Gasteiger charge is -2.38. The molecule has 2 aliphatic rings. The monoisotopic (exact) mass is 253 g/mol. The predicted octanol–water partition coefficient (Wildman–Crippen LogP) is 1.20. The molecule has 0 radical (unpaired) electrons. The summed E-state index contributed by atoms with van der Waals surface area (Å²) in [4.78, 5) is 16.7. The Hall–Kier alpha value is -0.610. The maximum Gasteiger partial charge on any atom is 0.224 e. The van der Waals surface area contributed by atoms with Crippen molar-refractivity contribution in [3.63, 3.8) is 0 Å². The molecule has 1 heterocycles. The van der Waals surface area contributed by atoms with E-state index >= 15 is 0 Å². The van der Waals surface area contributed by atoms with E-state index in [0.29, 0.717) is 12.5 Å². The second-order valence-electron chi connectivity index (χ2n) is 6.26. The summed E-state index contributed by atoms with van der Waals surface area (Å²) in [6.45, 7) is 8.16. The third kappa shape index (κ3) is 3.23. The van der Waals surface area contributed by atoms with Gasteiger partial charge in [-0.2, -0.15) is 0 Å². The minimum Gasteiger partial charge on any atom is -0.340 e. The lowest BCUT2D eigenvalue weighted by atomic mass is 9.94. The topological polar surface area (TPSA) is 49.6 Å². The third-order valence-corrected chi connectivity index (χ3v) is 4.50. The van der Waals surface area contributed by atoms with Crippen LogP contribution in [0.2, 0.25) is 0 Å². The van der Waals surface area contributed by atoms with Crippen LogP contribution < -0.4 is 5.73 Å². The highest BCUT2D eigenvalue weighted by atomic mass is 16.2. The first-order valence-electron chi connectivity index (χ1n) is 7.31. The van der Waals surface area contributed by atoms with Crippen LogP contribution >= 0.6 is 0 Å². The van der Waals surface area contributed by atoms with E-state index in [1.807, 2.05) is 4.90 Å². The number of piperazine rings is 1. The largest absolute Gasteiger partial charge is 0.340 e. The van der Waals surface area contributed by atoms with Gasteiger partial charge in [-0.15, -0.1) is 0 Å². The molecule has 18 heavy (non-hydrogen) atoms. The summed E-state index contributed by atoms with van der Waals surface area (Å²) in [5, 5.41) is 0. The van der Waals surface area contributed by atoms with Crippen LogP contribution in [0.4, 0.5) is 0 Å². The Balaban J connectivity index is 1.80. The molecule has 2 rings (SSSR count). The molecule has 2 fully saturated rings. The van der Waals surface area contributed by atoms with Gasteiger partial charge in [-0.25, -0.2) is 0 Å². The number of hydrogen-bond donors (Lipinski definition) is 1. The van der Waals surface area contributed by atoms with Gasteiger partial charge in [-0.3, -0.25) is 9.69 Å². The van der Waals surface area contributed by atoms with Gasteiger partial charge in [0.25, 0.3) is 0 Å². The lowest BCUT2D eigenvalue weighted by molar-refractivity contribution is -0.134. The van der Waals surface area contributed by atoms with Gasteiger partial charge in [0.15, 0.2) is 0 Å². The Labute approximate surface area is 110 Å². The maximum atomic E-state index is 12.3. The van der Waals surface area contributed by atoms with Crippen molar-refractivity contribution in [3.05, 3.63) is 0 Å². The van der Waals surface area contributed by atoms with E-state index in [-0.39, 0.29) is 11.4 Å². The molecule has 4 nitrogen and oxygen atoms in total. The zero-order chi connectivity index (χ0) is 13.2. The summed E-state index contributed by atoms with van der Waals surface area (Å²) in [6.07, 6.45) is 4.96. The molecule has 1 amide bonds. The summed E-state index contributed by atoms with van der Waals surface area (Å²) < 4.78 is 0. The fourth-order valence-electron chi connectivity index (χ4n) is 3.16. The fourth-order valence-corrected chi connectivity index (χ4v) is 3.16. The highest BCUT2D eigenvalue weighted by Crippen LogP contribution is 2.30. The molecule has 0 unspecified atom stereocenters. The van der Waals surface area contributed by atoms with E-state index < -0.39 is 0 Å². The second-order valence-corrected chi connectivity index (χ2v) is 6.26. The van der Waals surface area contributed by atoms with Crippen molar-refractivity contribution in [3.8, 4) is 0 Å². The Morgan fingerprint density at radius 3 is 2.22 bits per heavy atom. The number of nitrogens with two attached hydrogens (primary N) is 1. The number of hydrogen-bond acceptors (Lipinski definition) is 3. The normalized spacial score (nSPS) is 24.8. The molecular weight excluding hydrogens is 226 g/mol. The van der Waals surface area contributed by atoms with Crippen molar-refractivity contribution in [1.82, 2.24) is 9.80 Å². The van der Waals surface area contributed by atoms with Crippen LogP contribution in [-0.4, -0.2) is 53.5 Å². The van der Waals surface area contributed by atoms with Gasteiger partial charge in [-0.1, -0.05) is 12.8 Å². The van der Waals surface area contributed by atoms with Crippen LogP contribution in [0.5, 0.6) is 0 Å². The Bertz CT molecular complexity index is 289. The van der Waals surface area contributed by atoms with E-state index in [1.165, 1.54) is 12.8 Å². The van der Waals surface area contributed by atoms with Gasteiger partial charge in [0, 0.05) is 44.2 Å². The molecule has 0 aromatic carbocycles. The van der Waals surface area contributed by atoms with Gasteiger partial charge < -0.3 is 10.6 Å². The summed E-state index contributed by atoms with van der Waals surface area (Å²) in [6, 6.07) is 0.581. The Morgan fingerprint density at radius 1 is 1.17 bits per heavy atom. The van der Waals surface area contributed by atoms with Gasteiger partial charge in [0.2, 0.25) is 5.91 Å². The van der Waals surface area contributed by atoms with Gasteiger partial charge >= 0.3 is 0 Å².